The van der Waals surface area contributed by atoms with Gasteiger partial charge < -0.3 is 9.73 Å². The molecule has 15 heavy (non-hydrogen) atoms. The maximum absolute atomic E-state index is 5.19. The van der Waals surface area contributed by atoms with E-state index in [2.05, 4.69) is 15.3 Å². The van der Waals surface area contributed by atoms with Crippen molar-refractivity contribution in [1.82, 2.24) is 15.3 Å². The van der Waals surface area contributed by atoms with Gasteiger partial charge in [0.2, 0.25) is 0 Å². The molecule has 4 heteroatoms. The molecule has 0 atom stereocenters. The minimum absolute atomic E-state index is 0.702. The molecule has 0 aliphatic carbocycles. The highest BCUT2D eigenvalue weighted by molar-refractivity contribution is 5.01. The Bertz CT molecular complexity index is 394. The molecule has 0 bridgehead atoms. The third-order valence-corrected chi connectivity index (χ3v) is 2.02. The Kier molecular flexibility index (Phi) is 3.09. The van der Waals surface area contributed by atoms with Gasteiger partial charge in [-0.2, -0.15) is 0 Å². The molecule has 0 aliphatic heterocycles. The normalized spacial score (nSPS) is 10.5. The molecule has 0 saturated carbocycles. The van der Waals surface area contributed by atoms with Gasteiger partial charge in [-0.05, 0) is 19.1 Å². The second-order valence-corrected chi connectivity index (χ2v) is 3.33. The van der Waals surface area contributed by atoms with Crippen LogP contribution in [0, 0.1) is 6.92 Å². The van der Waals surface area contributed by atoms with Gasteiger partial charge in [0, 0.05) is 18.9 Å². The molecular weight excluding hydrogens is 190 g/mol. The molecule has 0 spiro atoms. The summed E-state index contributed by atoms with van der Waals surface area (Å²) >= 11 is 0. The van der Waals surface area contributed by atoms with Crippen molar-refractivity contribution in [1.29, 1.82) is 0 Å². The van der Waals surface area contributed by atoms with Crippen LogP contribution in [-0.2, 0) is 13.1 Å². The Labute approximate surface area is 88.4 Å². The third-order valence-electron chi connectivity index (χ3n) is 2.02. The van der Waals surface area contributed by atoms with E-state index < -0.39 is 0 Å². The summed E-state index contributed by atoms with van der Waals surface area (Å²) in [5.74, 6) is 0.926. The zero-order valence-electron chi connectivity index (χ0n) is 8.60. The van der Waals surface area contributed by atoms with E-state index in [4.69, 9.17) is 4.42 Å². The number of aryl methyl sites for hydroxylation is 1. The highest BCUT2D eigenvalue weighted by Crippen LogP contribution is 1.99. The van der Waals surface area contributed by atoms with Crippen molar-refractivity contribution in [3.05, 3.63) is 47.9 Å². The van der Waals surface area contributed by atoms with Crippen LogP contribution in [0.15, 0.2) is 35.2 Å². The molecule has 0 aliphatic rings. The Hall–Kier alpha value is -1.68. The lowest BCUT2D eigenvalue weighted by molar-refractivity contribution is 0.481. The molecule has 2 rings (SSSR count). The Balaban J connectivity index is 1.81. The van der Waals surface area contributed by atoms with Gasteiger partial charge in [0.15, 0.2) is 0 Å². The number of nitrogens with zero attached hydrogens (tertiary/aromatic N) is 2. The van der Waals surface area contributed by atoms with Crippen molar-refractivity contribution in [2.75, 3.05) is 0 Å². The predicted molar refractivity (Wildman–Crippen MR) is 56.0 cm³/mol. The molecule has 0 amide bonds. The van der Waals surface area contributed by atoms with Gasteiger partial charge in [-0.3, -0.25) is 9.97 Å². The van der Waals surface area contributed by atoms with Gasteiger partial charge in [0.1, 0.15) is 5.76 Å². The van der Waals surface area contributed by atoms with Crippen LogP contribution < -0.4 is 5.32 Å². The van der Waals surface area contributed by atoms with E-state index in [-0.39, 0.29) is 0 Å². The van der Waals surface area contributed by atoms with Crippen molar-refractivity contribution in [2.45, 2.75) is 20.0 Å². The van der Waals surface area contributed by atoms with E-state index in [9.17, 15) is 0 Å². The maximum atomic E-state index is 5.19. The van der Waals surface area contributed by atoms with Crippen molar-refractivity contribution in [3.8, 4) is 0 Å². The van der Waals surface area contributed by atoms with E-state index in [1.807, 2.05) is 19.1 Å². The standard InChI is InChI=1S/C11H13N3O/c1-9-5-14-10(7-13-9)6-12-8-11-3-2-4-15-11/h2-5,7,12H,6,8H2,1H3. The lowest BCUT2D eigenvalue weighted by atomic mass is 10.4. The summed E-state index contributed by atoms with van der Waals surface area (Å²) in [4.78, 5) is 8.41. The zero-order valence-corrected chi connectivity index (χ0v) is 8.60. The van der Waals surface area contributed by atoms with E-state index in [0.717, 1.165) is 17.1 Å². The van der Waals surface area contributed by atoms with Gasteiger partial charge in [-0.15, -0.1) is 0 Å². The summed E-state index contributed by atoms with van der Waals surface area (Å²) in [7, 11) is 0. The first-order chi connectivity index (χ1) is 7.34. The minimum Gasteiger partial charge on any atom is -0.468 e. The van der Waals surface area contributed by atoms with Crippen molar-refractivity contribution in [3.63, 3.8) is 0 Å². The van der Waals surface area contributed by atoms with Crippen LogP contribution in [0.5, 0.6) is 0 Å². The Morgan fingerprint density at radius 1 is 1.27 bits per heavy atom. The first-order valence-electron chi connectivity index (χ1n) is 4.85. The van der Waals surface area contributed by atoms with Gasteiger partial charge in [-0.1, -0.05) is 0 Å². The van der Waals surface area contributed by atoms with Gasteiger partial charge in [0.25, 0.3) is 0 Å². The fourth-order valence-corrected chi connectivity index (χ4v) is 1.24. The quantitative estimate of drug-likeness (QED) is 0.821. The molecule has 4 nitrogen and oxygen atoms in total. The number of furan rings is 1. The molecule has 0 radical (unpaired) electrons. The zero-order chi connectivity index (χ0) is 10.5. The van der Waals surface area contributed by atoms with E-state index >= 15 is 0 Å². The summed E-state index contributed by atoms with van der Waals surface area (Å²) in [5.41, 5.74) is 1.87. The molecule has 0 saturated heterocycles. The van der Waals surface area contributed by atoms with Crippen LogP contribution in [0.3, 0.4) is 0 Å². The number of hydrogen-bond acceptors (Lipinski definition) is 4. The largest absolute Gasteiger partial charge is 0.468 e. The molecular formula is C11H13N3O. The molecule has 2 heterocycles. The summed E-state index contributed by atoms with van der Waals surface area (Å²) < 4.78 is 5.19. The summed E-state index contributed by atoms with van der Waals surface area (Å²) in [5, 5.41) is 3.23. The fraction of sp³-hybridized carbons (Fsp3) is 0.273. The summed E-state index contributed by atoms with van der Waals surface area (Å²) in [6, 6.07) is 3.82. The number of hydrogen-bond donors (Lipinski definition) is 1. The first-order valence-corrected chi connectivity index (χ1v) is 4.85. The van der Waals surface area contributed by atoms with Crippen molar-refractivity contribution >= 4 is 0 Å². The first kappa shape index (κ1) is 9.86. The predicted octanol–water partition coefficient (Wildman–Crippen LogP) is 1.67. The van der Waals surface area contributed by atoms with Gasteiger partial charge in [0.05, 0.1) is 24.2 Å². The van der Waals surface area contributed by atoms with Crippen molar-refractivity contribution in [2.24, 2.45) is 0 Å². The Morgan fingerprint density at radius 3 is 2.87 bits per heavy atom. The average Bonchev–Trinajstić information content (AvgIpc) is 2.74. The van der Waals surface area contributed by atoms with Crippen LogP contribution in [0.1, 0.15) is 17.1 Å². The van der Waals surface area contributed by atoms with Crippen LogP contribution in [0.4, 0.5) is 0 Å². The lowest BCUT2D eigenvalue weighted by Gasteiger charge is -2.01. The number of rotatable bonds is 4. The molecule has 1 N–H and O–H groups in total. The maximum Gasteiger partial charge on any atom is 0.117 e. The summed E-state index contributed by atoms with van der Waals surface area (Å²) in [6.45, 7) is 3.34. The highest BCUT2D eigenvalue weighted by Gasteiger charge is 1.97. The van der Waals surface area contributed by atoms with E-state index in [1.165, 1.54) is 0 Å². The second kappa shape index (κ2) is 4.70. The smallest absolute Gasteiger partial charge is 0.117 e. The highest BCUT2D eigenvalue weighted by atomic mass is 16.3. The van der Waals surface area contributed by atoms with Gasteiger partial charge in [-0.25, -0.2) is 0 Å². The molecule has 2 aromatic heterocycles. The van der Waals surface area contributed by atoms with Crippen LogP contribution >= 0.6 is 0 Å². The second-order valence-electron chi connectivity index (χ2n) is 3.33. The topological polar surface area (TPSA) is 51.0 Å². The SMILES string of the molecule is Cc1cnc(CNCc2ccco2)cn1. The Morgan fingerprint density at radius 2 is 2.20 bits per heavy atom. The summed E-state index contributed by atoms with van der Waals surface area (Å²) in [6.07, 6.45) is 5.22. The van der Waals surface area contributed by atoms with Gasteiger partial charge >= 0.3 is 0 Å². The molecule has 0 unspecified atom stereocenters. The lowest BCUT2D eigenvalue weighted by Crippen LogP contribution is -2.13. The number of aromatic nitrogens is 2. The van der Waals surface area contributed by atoms with Crippen LogP contribution in [0.2, 0.25) is 0 Å². The molecule has 0 fully saturated rings. The van der Waals surface area contributed by atoms with E-state index in [1.54, 1.807) is 18.7 Å². The van der Waals surface area contributed by atoms with Crippen LogP contribution in [-0.4, -0.2) is 9.97 Å². The third kappa shape index (κ3) is 2.89. The molecule has 78 valence electrons. The monoisotopic (exact) mass is 203 g/mol. The number of nitrogens with one attached hydrogen (secondary N) is 1. The minimum atomic E-state index is 0.702. The van der Waals surface area contributed by atoms with Crippen molar-refractivity contribution < 1.29 is 4.42 Å². The average molecular weight is 203 g/mol. The fourth-order valence-electron chi connectivity index (χ4n) is 1.24. The molecule has 2 aromatic rings. The van der Waals surface area contributed by atoms with E-state index in [0.29, 0.717) is 13.1 Å². The van der Waals surface area contributed by atoms with Crippen LogP contribution in [0.25, 0.3) is 0 Å². The molecule has 0 aromatic carbocycles.